The molecule has 0 aliphatic rings. The summed E-state index contributed by atoms with van der Waals surface area (Å²) in [6, 6.07) is 19.2. The molecular weight excluding hydrogens is 358 g/mol. The Morgan fingerprint density at radius 2 is 1.85 bits per heavy atom. The Morgan fingerprint density at radius 3 is 2.56 bits per heavy atom. The zero-order valence-corrected chi connectivity index (χ0v) is 16.3. The van der Waals surface area contributed by atoms with Crippen LogP contribution in [0.15, 0.2) is 65.5 Å². The SMILES string of the molecule is CC(C)SCc1cc(=O)[nH]c(Nc2ccc(OCc3ccccc3)cc2)n1. The van der Waals surface area contributed by atoms with E-state index in [-0.39, 0.29) is 5.56 Å². The summed E-state index contributed by atoms with van der Waals surface area (Å²) < 4.78 is 5.79. The molecule has 0 spiro atoms. The van der Waals surface area contributed by atoms with Crippen LogP contribution in [0.5, 0.6) is 5.75 Å². The Morgan fingerprint density at radius 1 is 1.11 bits per heavy atom. The Kier molecular flexibility index (Phi) is 6.54. The van der Waals surface area contributed by atoms with Crippen molar-refractivity contribution in [3.05, 3.63) is 82.3 Å². The zero-order valence-electron chi connectivity index (χ0n) is 15.4. The molecule has 3 rings (SSSR count). The maximum Gasteiger partial charge on any atom is 0.252 e. The van der Waals surface area contributed by atoms with Gasteiger partial charge in [0.25, 0.3) is 5.56 Å². The van der Waals surface area contributed by atoms with E-state index in [1.165, 1.54) is 0 Å². The van der Waals surface area contributed by atoms with E-state index in [9.17, 15) is 4.79 Å². The number of hydrogen-bond acceptors (Lipinski definition) is 5. The summed E-state index contributed by atoms with van der Waals surface area (Å²) in [5.74, 6) is 1.94. The summed E-state index contributed by atoms with van der Waals surface area (Å²) in [4.78, 5) is 19.1. The van der Waals surface area contributed by atoms with Crippen LogP contribution in [0.25, 0.3) is 0 Å². The van der Waals surface area contributed by atoms with Crippen LogP contribution in [0, 0.1) is 0 Å². The first kappa shape index (κ1) is 19.0. The van der Waals surface area contributed by atoms with Crippen molar-refractivity contribution in [3.63, 3.8) is 0 Å². The van der Waals surface area contributed by atoms with Crippen LogP contribution >= 0.6 is 11.8 Å². The van der Waals surface area contributed by atoms with Gasteiger partial charge >= 0.3 is 0 Å². The van der Waals surface area contributed by atoms with Gasteiger partial charge in [-0.2, -0.15) is 11.8 Å². The van der Waals surface area contributed by atoms with Crippen molar-refractivity contribution in [2.24, 2.45) is 0 Å². The van der Waals surface area contributed by atoms with Crippen LogP contribution in [0.3, 0.4) is 0 Å². The lowest BCUT2D eigenvalue weighted by atomic mass is 10.2. The maximum absolute atomic E-state index is 11.9. The molecular formula is C21H23N3O2S. The Hall–Kier alpha value is -2.73. The van der Waals surface area contributed by atoms with Crippen LogP contribution in [-0.2, 0) is 12.4 Å². The third-order valence-electron chi connectivity index (χ3n) is 3.72. The van der Waals surface area contributed by atoms with E-state index in [1.54, 1.807) is 17.8 Å². The molecule has 0 fully saturated rings. The predicted molar refractivity (Wildman–Crippen MR) is 112 cm³/mol. The number of aromatic nitrogens is 2. The number of ether oxygens (including phenoxy) is 1. The Balaban J connectivity index is 1.61. The van der Waals surface area contributed by atoms with E-state index in [1.807, 2.05) is 54.6 Å². The van der Waals surface area contributed by atoms with Crippen LogP contribution in [0.2, 0.25) is 0 Å². The number of H-pyrrole nitrogens is 1. The largest absolute Gasteiger partial charge is 0.489 e. The third-order valence-corrected chi connectivity index (χ3v) is 4.85. The Bertz CT molecular complexity index is 909. The molecule has 0 radical (unpaired) electrons. The Labute approximate surface area is 163 Å². The molecule has 6 heteroatoms. The van der Waals surface area contributed by atoms with Gasteiger partial charge < -0.3 is 10.1 Å². The lowest BCUT2D eigenvalue weighted by Gasteiger charge is -2.10. The van der Waals surface area contributed by atoms with Crippen molar-refractivity contribution in [1.82, 2.24) is 9.97 Å². The second-order valence-electron chi connectivity index (χ2n) is 6.37. The smallest absolute Gasteiger partial charge is 0.252 e. The molecule has 5 nitrogen and oxygen atoms in total. The standard InChI is InChI=1S/C21H23N3O2S/c1-15(2)27-14-18-12-20(25)24-21(23-18)22-17-8-10-19(11-9-17)26-13-16-6-4-3-5-7-16/h3-12,15H,13-14H2,1-2H3,(H2,22,23,24,25). The third kappa shape index (κ3) is 6.18. The minimum atomic E-state index is -0.158. The molecule has 27 heavy (non-hydrogen) atoms. The number of nitrogens with one attached hydrogen (secondary N) is 2. The van der Waals surface area contributed by atoms with Gasteiger partial charge in [0.15, 0.2) is 0 Å². The maximum atomic E-state index is 11.9. The first-order chi connectivity index (χ1) is 13.1. The van der Waals surface area contributed by atoms with Gasteiger partial charge in [-0.15, -0.1) is 0 Å². The molecule has 0 amide bonds. The molecule has 1 aromatic heterocycles. The summed E-state index contributed by atoms with van der Waals surface area (Å²) >= 11 is 1.75. The van der Waals surface area contributed by atoms with E-state index in [4.69, 9.17) is 4.74 Å². The molecule has 1 heterocycles. The van der Waals surface area contributed by atoms with E-state index in [0.29, 0.717) is 23.6 Å². The van der Waals surface area contributed by atoms with Gasteiger partial charge in [0, 0.05) is 17.5 Å². The summed E-state index contributed by atoms with van der Waals surface area (Å²) in [6.07, 6.45) is 0. The average Bonchev–Trinajstić information content (AvgIpc) is 2.66. The van der Waals surface area contributed by atoms with Crippen molar-refractivity contribution in [1.29, 1.82) is 0 Å². The molecule has 0 aliphatic heterocycles. The van der Waals surface area contributed by atoms with Gasteiger partial charge in [0.05, 0.1) is 5.69 Å². The molecule has 3 aromatic rings. The molecule has 0 bridgehead atoms. The van der Waals surface area contributed by atoms with Crippen LogP contribution in [0.1, 0.15) is 25.1 Å². The van der Waals surface area contributed by atoms with Crippen molar-refractivity contribution >= 4 is 23.4 Å². The first-order valence-electron chi connectivity index (χ1n) is 8.84. The lowest BCUT2D eigenvalue weighted by molar-refractivity contribution is 0.306. The molecule has 0 unspecified atom stereocenters. The zero-order chi connectivity index (χ0) is 19.1. The molecule has 0 saturated carbocycles. The number of nitrogens with zero attached hydrogens (tertiary/aromatic N) is 1. The molecule has 2 N–H and O–H groups in total. The average molecular weight is 382 g/mol. The van der Waals surface area contributed by atoms with Gasteiger partial charge in [-0.1, -0.05) is 44.2 Å². The van der Waals surface area contributed by atoms with E-state index in [2.05, 4.69) is 29.1 Å². The quantitative estimate of drug-likeness (QED) is 0.590. The normalized spacial score (nSPS) is 10.8. The number of aromatic amines is 1. The summed E-state index contributed by atoms with van der Waals surface area (Å²) in [5.41, 5.74) is 2.56. The van der Waals surface area contributed by atoms with Crippen LogP contribution < -0.4 is 15.6 Å². The summed E-state index contributed by atoms with van der Waals surface area (Å²) in [5, 5.41) is 3.63. The van der Waals surface area contributed by atoms with Crippen molar-refractivity contribution in [3.8, 4) is 5.75 Å². The number of thioether (sulfide) groups is 1. The highest BCUT2D eigenvalue weighted by Gasteiger charge is 2.04. The fraction of sp³-hybridized carbons (Fsp3) is 0.238. The summed E-state index contributed by atoms with van der Waals surface area (Å²) in [7, 11) is 0. The van der Waals surface area contributed by atoms with Crippen molar-refractivity contribution in [2.75, 3.05) is 5.32 Å². The molecule has 2 aromatic carbocycles. The van der Waals surface area contributed by atoms with Crippen molar-refractivity contribution < 1.29 is 4.74 Å². The second-order valence-corrected chi connectivity index (χ2v) is 7.93. The van der Waals surface area contributed by atoms with Gasteiger partial charge in [0.1, 0.15) is 12.4 Å². The predicted octanol–water partition coefficient (Wildman–Crippen LogP) is 4.73. The van der Waals surface area contributed by atoms with E-state index in [0.717, 1.165) is 22.7 Å². The molecule has 0 aliphatic carbocycles. The van der Waals surface area contributed by atoms with Gasteiger partial charge in [0.2, 0.25) is 5.95 Å². The fourth-order valence-corrected chi connectivity index (χ4v) is 3.06. The second kappa shape index (κ2) is 9.28. The van der Waals surface area contributed by atoms with E-state index < -0.39 is 0 Å². The topological polar surface area (TPSA) is 67.0 Å². The molecule has 140 valence electrons. The monoisotopic (exact) mass is 381 g/mol. The van der Waals surface area contributed by atoms with Gasteiger partial charge in [-0.3, -0.25) is 9.78 Å². The summed E-state index contributed by atoms with van der Waals surface area (Å²) in [6.45, 7) is 4.77. The minimum absolute atomic E-state index is 0.158. The number of rotatable bonds is 8. The highest BCUT2D eigenvalue weighted by Crippen LogP contribution is 2.20. The number of anilines is 2. The van der Waals surface area contributed by atoms with Gasteiger partial charge in [-0.05, 0) is 35.1 Å². The fourth-order valence-electron chi connectivity index (χ4n) is 2.41. The highest BCUT2D eigenvalue weighted by atomic mass is 32.2. The first-order valence-corrected chi connectivity index (χ1v) is 9.89. The highest BCUT2D eigenvalue weighted by molar-refractivity contribution is 7.99. The van der Waals surface area contributed by atoms with Crippen LogP contribution in [-0.4, -0.2) is 15.2 Å². The van der Waals surface area contributed by atoms with Crippen LogP contribution in [0.4, 0.5) is 11.6 Å². The van der Waals surface area contributed by atoms with E-state index >= 15 is 0 Å². The minimum Gasteiger partial charge on any atom is -0.489 e. The number of hydrogen-bond donors (Lipinski definition) is 2. The van der Waals surface area contributed by atoms with Gasteiger partial charge in [-0.25, -0.2) is 4.98 Å². The molecule has 0 saturated heterocycles. The lowest BCUT2D eigenvalue weighted by Crippen LogP contribution is -2.12. The molecule has 0 atom stereocenters. The number of benzene rings is 2. The van der Waals surface area contributed by atoms with Crippen molar-refractivity contribution in [2.45, 2.75) is 31.5 Å².